The predicted octanol–water partition coefficient (Wildman–Crippen LogP) is -3.32. The van der Waals surface area contributed by atoms with Crippen LogP contribution in [0.15, 0.2) is 82.8 Å². The summed E-state index contributed by atoms with van der Waals surface area (Å²) >= 11 is 0. The van der Waals surface area contributed by atoms with Crippen molar-refractivity contribution in [1.82, 2.24) is 4.98 Å². The maximum Gasteiger partial charge on any atom is 3.00 e. The van der Waals surface area contributed by atoms with Gasteiger partial charge in [0.2, 0.25) is 0 Å². The van der Waals surface area contributed by atoms with E-state index in [4.69, 9.17) is 4.98 Å². The number of aryl methyl sites for hydroxylation is 1. The molecule has 0 fully saturated rings. The van der Waals surface area contributed by atoms with E-state index in [1.54, 1.807) is 0 Å². The summed E-state index contributed by atoms with van der Waals surface area (Å²) in [6.07, 6.45) is 0. The van der Waals surface area contributed by atoms with Gasteiger partial charge in [0.25, 0.3) is 0 Å². The molecular weight excluding hydrogens is 557 g/mol. The van der Waals surface area contributed by atoms with Gasteiger partial charge in [0.05, 0.1) is 34.2 Å². The van der Waals surface area contributed by atoms with Crippen LogP contribution in [0.1, 0.15) is 30.8 Å². The first-order valence-electron chi connectivity index (χ1n) is 8.32. The van der Waals surface area contributed by atoms with Gasteiger partial charge in [0.1, 0.15) is 0 Å². The number of hydrogen-bond acceptors (Lipinski definition) is 3. The van der Waals surface area contributed by atoms with Crippen LogP contribution in [0.25, 0.3) is 0 Å². The molecule has 0 saturated heterocycles. The van der Waals surface area contributed by atoms with Crippen molar-refractivity contribution in [2.75, 3.05) is 0 Å². The maximum atomic E-state index is 4.76. The largest absolute Gasteiger partial charge is 3.00 e. The van der Waals surface area contributed by atoms with Crippen LogP contribution in [0.2, 0.25) is 0 Å². The van der Waals surface area contributed by atoms with Crippen LogP contribution in [0, 0.1) is 47.8 Å². The second kappa shape index (κ2) is 15.0. The average molecular weight is 578 g/mol. The zero-order chi connectivity index (χ0) is 17.6. The fourth-order valence-electron chi connectivity index (χ4n) is 2.54. The van der Waals surface area contributed by atoms with E-state index in [9.17, 15) is 0 Å². The Hall–Kier alpha value is -0.849. The number of aliphatic imine (C=N–C) groups is 2. The molecule has 0 aliphatic heterocycles. The Kier molecular flexibility index (Phi) is 15.7. The first kappa shape index (κ1) is 30.3. The van der Waals surface area contributed by atoms with Gasteiger partial charge in [-0.25, -0.2) is 4.98 Å². The zero-order valence-electron chi connectivity index (χ0n) is 16.4. The Morgan fingerprint density at radius 1 is 0.655 bits per heavy atom. The number of para-hydroxylation sites is 2. The first-order chi connectivity index (χ1) is 12.1. The van der Waals surface area contributed by atoms with E-state index in [-0.39, 0.29) is 78.1 Å². The third-order valence-electron chi connectivity index (χ3n) is 3.82. The topological polar surface area (TPSA) is 37.6 Å². The number of rotatable bonds is 4. The summed E-state index contributed by atoms with van der Waals surface area (Å²) in [5.74, 6) is 0. The summed E-state index contributed by atoms with van der Waals surface area (Å²) in [7, 11) is 0. The monoisotopic (exact) mass is 574 g/mol. The van der Waals surface area contributed by atoms with Gasteiger partial charge >= 0.3 is 40.8 Å². The summed E-state index contributed by atoms with van der Waals surface area (Å²) in [6, 6.07) is 24.0. The van der Waals surface area contributed by atoms with Crippen LogP contribution in [-0.4, -0.2) is 16.4 Å². The number of pyridine rings is 1. The van der Waals surface area contributed by atoms with E-state index in [0.29, 0.717) is 0 Å². The smallest absolute Gasteiger partial charge is 1.00 e. The summed E-state index contributed by atoms with van der Waals surface area (Å²) in [4.78, 5) is 14.1. The van der Waals surface area contributed by atoms with Crippen LogP contribution in [-0.2, 0) is 0 Å². The molecule has 29 heavy (non-hydrogen) atoms. The van der Waals surface area contributed by atoms with Crippen molar-refractivity contribution in [3.8, 4) is 0 Å². The van der Waals surface area contributed by atoms with Crippen LogP contribution < -0.4 is 37.2 Å². The summed E-state index contributed by atoms with van der Waals surface area (Å²) < 4.78 is 0. The van der Waals surface area contributed by atoms with Gasteiger partial charge in [-0.3, -0.25) is 9.98 Å². The van der Waals surface area contributed by atoms with Crippen LogP contribution in [0.4, 0.5) is 11.4 Å². The van der Waals surface area contributed by atoms with Gasteiger partial charge in [0, 0.05) is 0 Å². The Balaban J connectivity index is 0. The molecule has 0 unspecified atom stereocenters. The third-order valence-corrected chi connectivity index (χ3v) is 3.82. The number of benzene rings is 2. The summed E-state index contributed by atoms with van der Waals surface area (Å²) in [5.41, 5.74) is 6.54. The number of nitrogens with zero attached hydrogens (tertiary/aromatic N) is 3. The van der Waals surface area contributed by atoms with Crippen LogP contribution >= 0.6 is 0 Å². The molecule has 1 aromatic heterocycles. The molecular formula is C22H21Cl3N3Nd. The van der Waals surface area contributed by atoms with Crippen molar-refractivity contribution in [3.63, 3.8) is 0 Å². The Morgan fingerprint density at radius 2 is 1.00 bits per heavy atom. The molecule has 0 N–H and O–H groups in total. The van der Waals surface area contributed by atoms with Crippen molar-refractivity contribution in [3.05, 3.63) is 89.7 Å². The Morgan fingerprint density at radius 3 is 1.34 bits per heavy atom. The molecule has 149 valence electrons. The molecule has 2 aromatic carbocycles. The van der Waals surface area contributed by atoms with Gasteiger partial charge < -0.3 is 37.2 Å². The van der Waals surface area contributed by atoms with Crippen molar-refractivity contribution in [2.24, 2.45) is 9.98 Å². The quantitative estimate of drug-likeness (QED) is 0.299. The van der Waals surface area contributed by atoms with Gasteiger partial charge in [-0.05, 0) is 62.7 Å². The minimum Gasteiger partial charge on any atom is -1.00 e. The average Bonchev–Trinajstić information content (AvgIpc) is 2.63. The van der Waals surface area contributed by atoms with E-state index in [1.165, 1.54) is 0 Å². The van der Waals surface area contributed by atoms with Gasteiger partial charge in [-0.15, -0.1) is 0 Å². The normalized spacial score (nSPS) is 10.6. The summed E-state index contributed by atoms with van der Waals surface area (Å²) in [5, 5.41) is 0. The molecule has 0 bridgehead atoms. The molecule has 0 atom stereocenters. The fraction of sp³-hybridized carbons (Fsp3) is 0.136. The minimum absolute atomic E-state index is 0. The summed E-state index contributed by atoms with van der Waals surface area (Å²) in [6.45, 7) is 6.05. The van der Waals surface area contributed by atoms with E-state index in [2.05, 4.69) is 29.0 Å². The van der Waals surface area contributed by atoms with Gasteiger partial charge in [-0.1, -0.05) is 36.4 Å². The number of hydrogen-bond donors (Lipinski definition) is 0. The molecule has 3 nitrogen and oxygen atoms in total. The molecule has 3 rings (SSSR count). The second-order valence-corrected chi connectivity index (χ2v) is 5.98. The van der Waals surface area contributed by atoms with Crippen LogP contribution in [0.5, 0.6) is 0 Å². The predicted molar refractivity (Wildman–Crippen MR) is 106 cm³/mol. The standard InChI is InChI=1S/C22H21N3.3ClH.Nd/c1-16-14-21(17(2)23-19-10-6-4-7-11-19)25-22(15-16)18(3)24-20-12-8-5-9-13-20;;;;/h4-15H,1-3H3;3*1H;/q;;;;+3/p-3. The van der Waals surface area contributed by atoms with Gasteiger partial charge in [-0.2, -0.15) is 0 Å². The molecule has 1 heterocycles. The van der Waals surface area contributed by atoms with E-state index < -0.39 is 0 Å². The molecule has 0 spiro atoms. The fourth-order valence-corrected chi connectivity index (χ4v) is 2.54. The van der Waals surface area contributed by atoms with E-state index >= 15 is 0 Å². The molecule has 0 aliphatic rings. The Labute approximate surface area is 224 Å². The molecule has 0 aliphatic carbocycles. The molecule has 1 radical (unpaired) electrons. The van der Waals surface area contributed by atoms with Crippen molar-refractivity contribution in [1.29, 1.82) is 0 Å². The third kappa shape index (κ3) is 9.22. The maximum absolute atomic E-state index is 4.76. The minimum atomic E-state index is 0. The first-order valence-corrected chi connectivity index (χ1v) is 8.32. The number of aromatic nitrogens is 1. The van der Waals surface area contributed by atoms with Crippen molar-refractivity contribution in [2.45, 2.75) is 20.8 Å². The van der Waals surface area contributed by atoms with Crippen LogP contribution in [0.3, 0.4) is 0 Å². The Bertz CT molecular complexity index is 857. The molecule has 7 heteroatoms. The van der Waals surface area contributed by atoms with E-state index in [1.807, 2.05) is 74.5 Å². The molecule has 0 saturated carbocycles. The molecule has 3 aromatic rings. The van der Waals surface area contributed by atoms with E-state index in [0.717, 1.165) is 39.7 Å². The second-order valence-electron chi connectivity index (χ2n) is 5.98. The van der Waals surface area contributed by atoms with Crippen molar-refractivity contribution < 1.29 is 78.1 Å². The number of halogens is 3. The SMILES string of the molecule is CC(=Nc1ccccc1)c1cc(C)cc(C(C)=Nc2ccccc2)n1.[Cl-].[Cl-].[Cl-].[Nd+3]. The molecule has 0 amide bonds. The van der Waals surface area contributed by atoms with Gasteiger partial charge in [0.15, 0.2) is 0 Å². The van der Waals surface area contributed by atoms with Crippen molar-refractivity contribution >= 4 is 22.8 Å². The zero-order valence-corrected chi connectivity index (χ0v) is 21.9.